The summed E-state index contributed by atoms with van der Waals surface area (Å²) in [4.78, 5) is 0. The quantitative estimate of drug-likeness (QED) is 0.529. The molecule has 0 saturated heterocycles. The molecule has 0 aromatic rings. The van der Waals surface area contributed by atoms with Crippen LogP contribution in [0.25, 0.3) is 0 Å². The van der Waals surface area contributed by atoms with Crippen molar-refractivity contribution >= 4 is 0 Å². The standard InChI is InChI=1S/C13H18/c1-11(2)12-8-3-7-4-9(6-8)13(11,12)10(12)5-7/h7-10H,3-6H2,1-2H3/t7?,8-,9+,10?,12?,13?. The Kier molecular flexibility index (Phi) is 0.626. The lowest BCUT2D eigenvalue weighted by Gasteiger charge is -2.52. The number of rotatable bonds is 0. The fourth-order valence-corrected chi connectivity index (χ4v) is 7.75. The first-order valence-corrected chi connectivity index (χ1v) is 6.17. The van der Waals surface area contributed by atoms with E-state index in [1.54, 1.807) is 25.7 Å². The lowest BCUT2D eigenvalue weighted by molar-refractivity contribution is -0.0287. The van der Waals surface area contributed by atoms with Crippen LogP contribution in [0.2, 0.25) is 0 Å². The maximum absolute atomic E-state index is 2.58. The molecular weight excluding hydrogens is 156 g/mol. The van der Waals surface area contributed by atoms with Crippen molar-refractivity contribution in [2.24, 2.45) is 39.9 Å². The van der Waals surface area contributed by atoms with Crippen molar-refractivity contribution < 1.29 is 0 Å². The Bertz CT molecular complexity index is 314. The minimum Gasteiger partial charge on any atom is -0.0588 e. The summed E-state index contributed by atoms with van der Waals surface area (Å²) in [5.41, 5.74) is 2.64. The molecule has 2 spiro atoms. The average Bonchev–Trinajstić information content (AvgIpc) is 2.80. The average molecular weight is 174 g/mol. The van der Waals surface area contributed by atoms with Gasteiger partial charge < -0.3 is 0 Å². The lowest BCUT2D eigenvalue weighted by atomic mass is 9.53. The van der Waals surface area contributed by atoms with Crippen LogP contribution in [0.4, 0.5) is 0 Å². The van der Waals surface area contributed by atoms with Crippen molar-refractivity contribution in [1.29, 1.82) is 0 Å². The Labute approximate surface area is 80.1 Å². The molecule has 0 nitrogen and oxygen atoms in total. The van der Waals surface area contributed by atoms with Gasteiger partial charge in [-0.05, 0) is 65.6 Å². The van der Waals surface area contributed by atoms with Gasteiger partial charge in [0.1, 0.15) is 0 Å². The maximum atomic E-state index is 2.58. The van der Waals surface area contributed by atoms with Gasteiger partial charge in [-0.15, -0.1) is 0 Å². The van der Waals surface area contributed by atoms with Gasteiger partial charge in [0.15, 0.2) is 0 Å². The Balaban J connectivity index is 1.81. The van der Waals surface area contributed by atoms with Gasteiger partial charge in [0.05, 0.1) is 0 Å². The van der Waals surface area contributed by atoms with Crippen LogP contribution in [0.1, 0.15) is 39.5 Å². The van der Waals surface area contributed by atoms with Crippen molar-refractivity contribution in [3.63, 3.8) is 0 Å². The summed E-state index contributed by atoms with van der Waals surface area (Å²) in [6, 6.07) is 0. The van der Waals surface area contributed by atoms with Gasteiger partial charge in [0.2, 0.25) is 0 Å². The minimum atomic E-state index is 0.781. The van der Waals surface area contributed by atoms with E-state index in [1.165, 1.54) is 23.7 Å². The van der Waals surface area contributed by atoms with Gasteiger partial charge in [0, 0.05) is 0 Å². The fraction of sp³-hybridized carbons (Fsp3) is 1.00. The molecule has 6 rings (SSSR count). The SMILES string of the molecule is CC1(C)C23C4CC5C[C@@H]2C[C@H](C5)C413. The van der Waals surface area contributed by atoms with Crippen LogP contribution >= 0.6 is 0 Å². The Hall–Kier alpha value is 0. The third kappa shape index (κ3) is 0.302. The second-order valence-electron chi connectivity index (χ2n) is 7.12. The van der Waals surface area contributed by atoms with Gasteiger partial charge in [-0.25, -0.2) is 0 Å². The van der Waals surface area contributed by atoms with E-state index in [1.807, 2.05) is 0 Å². The monoisotopic (exact) mass is 174 g/mol. The van der Waals surface area contributed by atoms with E-state index in [9.17, 15) is 0 Å². The summed E-state index contributed by atoms with van der Waals surface area (Å²) in [5, 5.41) is 0. The molecule has 0 radical (unpaired) electrons. The van der Waals surface area contributed by atoms with Crippen LogP contribution in [0.5, 0.6) is 0 Å². The van der Waals surface area contributed by atoms with Crippen molar-refractivity contribution in [2.75, 3.05) is 0 Å². The third-order valence-corrected chi connectivity index (χ3v) is 7.37. The summed E-state index contributed by atoms with van der Waals surface area (Å²) in [6.07, 6.45) is 6.52. The molecule has 70 valence electrons. The molecule has 0 heterocycles. The predicted octanol–water partition coefficient (Wildman–Crippen LogP) is 3.08. The second kappa shape index (κ2) is 1.26. The molecule has 0 aliphatic heterocycles. The van der Waals surface area contributed by atoms with Gasteiger partial charge in [-0.1, -0.05) is 13.8 Å². The van der Waals surface area contributed by atoms with E-state index >= 15 is 0 Å². The molecule has 13 heavy (non-hydrogen) atoms. The van der Waals surface area contributed by atoms with E-state index < -0.39 is 0 Å². The highest BCUT2D eigenvalue weighted by Gasteiger charge is 3.07. The largest absolute Gasteiger partial charge is 0.0588 e. The van der Waals surface area contributed by atoms with E-state index in [2.05, 4.69) is 13.8 Å². The van der Waals surface area contributed by atoms with Gasteiger partial charge in [-0.3, -0.25) is 0 Å². The molecule has 0 aromatic heterocycles. The first-order chi connectivity index (χ1) is 6.17. The topological polar surface area (TPSA) is 0 Å². The molecule has 4 unspecified atom stereocenters. The van der Waals surface area contributed by atoms with Crippen molar-refractivity contribution in [1.82, 2.24) is 0 Å². The number of hydrogen-bond acceptors (Lipinski definition) is 0. The molecule has 6 aliphatic rings. The smallest absolute Gasteiger partial charge is 0.0111 e. The molecule has 0 heteroatoms. The Morgan fingerprint density at radius 3 is 2.00 bits per heavy atom. The summed E-state index contributed by atoms with van der Waals surface area (Å²) in [6.45, 7) is 5.16. The maximum Gasteiger partial charge on any atom is -0.0111 e. The summed E-state index contributed by atoms with van der Waals surface area (Å²) in [7, 11) is 0. The van der Waals surface area contributed by atoms with Crippen LogP contribution in [0, 0.1) is 39.9 Å². The van der Waals surface area contributed by atoms with Crippen molar-refractivity contribution in [2.45, 2.75) is 39.5 Å². The lowest BCUT2D eigenvalue weighted by Crippen LogP contribution is -2.44. The highest BCUT2D eigenvalue weighted by molar-refractivity contribution is 5.54. The molecule has 4 bridgehead atoms. The molecule has 0 N–H and O–H groups in total. The van der Waals surface area contributed by atoms with E-state index in [0.717, 1.165) is 16.2 Å². The summed E-state index contributed by atoms with van der Waals surface area (Å²) < 4.78 is 0. The van der Waals surface area contributed by atoms with Gasteiger partial charge in [-0.2, -0.15) is 0 Å². The first kappa shape index (κ1) is 6.48. The van der Waals surface area contributed by atoms with Crippen LogP contribution in [0.3, 0.4) is 0 Å². The first-order valence-electron chi connectivity index (χ1n) is 6.17. The van der Waals surface area contributed by atoms with E-state index in [0.29, 0.717) is 0 Å². The van der Waals surface area contributed by atoms with E-state index in [4.69, 9.17) is 0 Å². The predicted molar refractivity (Wildman–Crippen MR) is 51.1 cm³/mol. The molecule has 0 aromatic carbocycles. The molecule has 6 fully saturated rings. The van der Waals surface area contributed by atoms with Crippen LogP contribution in [-0.4, -0.2) is 0 Å². The van der Waals surface area contributed by atoms with Gasteiger partial charge in [0.25, 0.3) is 0 Å². The van der Waals surface area contributed by atoms with E-state index in [-0.39, 0.29) is 0 Å². The Morgan fingerprint density at radius 2 is 1.46 bits per heavy atom. The zero-order valence-corrected chi connectivity index (χ0v) is 8.64. The molecule has 6 aliphatic carbocycles. The van der Waals surface area contributed by atoms with Gasteiger partial charge >= 0.3 is 0 Å². The number of hydrogen-bond donors (Lipinski definition) is 0. The highest BCUT2D eigenvalue weighted by atomic mass is 15.1. The van der Waals surface area contributed by atoms with Crippen molar-refractivity contribution in [3.05, 3.63) is 0 Å². The van der Waals surface area contributed by atoms with Crippen molar-refractivity contribution in [3.8, 4) is 0 Å². The highest BCUT2D eigenvalue weighted by Crippen LogP contribution is 3.11. The summed E-state index contributed by atoms with van der Waals surface area (Å²) in [5.74, 6) is 4.77. The Morgan fingerprint density at radius 1 is 0.846 bits per heavy atom. The van der Waals surface area contributed by atoms with Crippen LogP contribution < -0.4 is 0 Å². The molecule has 0 amide bonds. The van der Waals surface area contributed by atoms with Crippen LogP contribution in [0.15, 0.2) is 0 Å². The third-order valence-electron chi connectivity index (χ3n) is 7.37. The minimum absolute atomic E-state index is 0.781. The fourth-order valence-electron chi connectivity index (χ4n) is 7.75. The normalized spacial score (nSPS) is 78.0. The summed E-state index contributed by atoms with van der Waals surface area (Å²) >= 11 is 0. The zero-order chi connectivity index (χ0) is 8.64. The molecule has 6 atom stereocenters. The zero-order valence-electron chi connectivity index (χ0n) is 8.64. The molecule has 6 saturated carbocycles. The second-order valence-corrected chi connectivity index (χ2v) is 7.12. The molecular formula is C13H18. The van der Waals surface area contributed by atoms with Crippen LogP contribution in [-0.2, 0) is 0 Å².